The Kier molecular flexibility index (Phi) is 4.49. The van der Waals surface area contributed by atoms with E-state index in [2.05, 4.69) is 36.5 Å². The Hall–Kier alpha value is -2.62. The molecule has 0 aromatic heterocycles. The van der Waals surface area contributed by atoms with Gasteiger partial charge >= 0.3 is 0 Å². The second-order valence-corrected chi connectivity index (χ2v) is 7.47. The lowest BCUT2D eigenvalue weighted by Crippen LogP contribution is -2.23. The number of likely N-dealkylation sites (tertiary alicyclic amines) is 1. The molecule has 2 aliphatic rings. The van der Waals surface area contributed by atoms with E-state index >= 15 is 0 Å². The predicted molar refractivity (Wildman–Crippen MR) is 102 cm³/mol. The van der Waals surface area contributed by atoms with Gasteiger partial charge in [0.2, 0.25) is 11.8 Å². The lowest BCUT2D eigenvalue weighted by molar-refractivity contribution is -0.128. The molecule has 4 rings (SSSR count). The number of carbonyl (C=O) groups excluding carboxylic acids is 2. The fourth-order valence-corrected chi connectivity index (χ4v) is 3.83. The summed E-state index contributed by atoms with van der Waals surface area (Å²) in [6, 6.07) is 16.3. The standard InChI is InChI=1S/C22H24N2O2/c1-15-5-2-7-17(11-15)19-13-20(19)22(26)23-18-8-3-6-16(12-18)14-24-10-4-9-21(24)25/h2-3,5-8,11-12,19-20H,4,9-10,13-14H2,1H3,(H,23,26)/t19-,20-/m0/s1. The zero-order valence-electron chi connectivity index (χ0n) is 15.1. The van der Waals surface area contributed by atoms with Crippen LogP contribution in [-0.2, 0) is 16.1 Å². The van der Waals surface area contributed by atoms with Crippen LogP contribution in [0.3, 0.4) is 0 Å². The minimum Gasteiger partial charge on any atom is -0.338 e. The van der Waals surface area contributed by atoms with Crippen LogP contribution in [0, 0.1) is 12.8 Å². The van der Waals surface area contributed by atoms with Gasteiger partial charge in [0.05, 0.1) is 0 Å². The van der Waals surface area contributed by atoms with E-state index in [1.807, 2.05) is 29.2 Å². The van der Waals surface area contributed by atoms with Gasteiger partial charge in [0.25, 0.3) is 0 Å². The maximum Gasteiger partial charge on any atom is 0.228 e. The maximum absolute atomic E-state index is 12.6. The molecule has 2 aromatic rings. The third-order valence-corrected chi connectivity index (χ3v) is 5.34. The highest BCUT2D eigenvalue weighted by molar-refractivity contribution is 5.95. The van der Waals surface area contributed by atoms with Gasteiger partial charge in [0, 0.05) is 31.1 Å². The second kappa shape index (κ2) is 6.94. The van der Waals surface area contributed by atoms with E-state index in [1.54, 1.807) is 0 Å². The van der Waals surface area contributed by atoms with Gasteiger partial charge in [-0.3, -0.25) is 9.59 Å². The number of nitrogens with one attached hydrogen (secondary N) is 1. The van der Waals surface area contributed by atoms with Gasteiger partial charge in [-0.15, -0.1) is 0 Å². The molecule has 0 bridgehead atoms. The lowest BCUT2D eigenvalue weighted by atomic mass is 10.1. The van der Waals surface area contributed by atoms with Crippen LogP contribution in [0.5, 0.6) is 0 Å². The molecule has 0 unspecified atom stereocenters. The number of hydrogen-bond acceptors (Lipinski definition) is 2. The van der Waals surface area contributed by atoms with Gasteiger partial charge in [-0.1, -0.05) is 42.0 Å². The van der Waals surface area contributed by atoms with Crippen LogP contribution in [-0.4, -0.2) is 23.3 Å². The van der Waals surface area contributed by atoms with E-state index < -0.39 is 0 Å². The monoisotopic (exact) mass is 348 g/mol. The van der Waals surface area contributed by atoms with Gasteiger partial charge in [0.15, 0.2) is 0 Å². The molecule has 4 nitrogen and oxygen atoms in total. The van der Waals surface area contributed by atoms with Crippen molar-refractivity contribution in [2.45, 2.75) is 38.6 Å². The van der Waals surface area contributed by atoms with Crippen LogP contribution in [0.2, 0.25) is 0 Å². The van der Waals surface area contributed by atoms with E-state index in [1.165, 1.54) is 11.1 Å². The third-order valence-electron chi connectivity index (χ3n) is 5.34. The lowest BCUT2D eigenvalue weighted by Gasteiger charge is -2.16. The first-order valence-electron chi connectivity index (χ1n) is 9.34. The molecular weight excluding hydrogens is 324 g/mol. The summed E-state index contributed by atoms with van der Waals surface area (Å²) >= 11 is 0. The Balaban J connectivity index is 1.38. The van der Waals surface area contributed by atoms with Crippen molar-refractivity contribution in [2.75, 3.05) is 11.9 Å². The van der Waals surface area contributed by atoms with Crippen molar-refractivity contribution < 1.29 is 9.59 Å². The molecule has 4 heteroatoms. The first-order valence-corrected chi connectivity index (χ1v) is 9.34. The first kappa shape index (κ1) is 16.8. The van der Waals surface area contributed by atoms with Crippen molar-refractivity contribution in [2.24, 2.45) is 5.92 Å². The van der Waals surface area contributed by atoms with Crippen LogP contribution < -0.4 is 5.32 Å². The smallest absolute Gasteiger partial charge is 0.228 e. The fourth-order valence-electron chi connectivity index (χ4n) is 3.83. The molecule has 0 radical (unpaired) electrons. The van der Waals surface area contributed by atoms with E-state index in [0.717, 1.165) is 30.6 Å². The summed E-state index contributed by atoms with van der Waals surface area (Å²) < 4.78 is 0. The van der Waals surface area contributed by atoms with Crippen molar-refractivity contribution in [1.82, 2.24) is 4.90 Å². The molecule has 1 aliphatic carbocycles. The normalized spacial score (nSPS) is 21.7. The van der Waals surface area contributed by atoms with Crippen molar-refractivity contribution in [3.8, 4) is 0 Å². The van der Waals surface area contributed by atoms with Gasteiger partial charge < -0.3 is 10.2 Å². The van der Waals surface area contributed by atoms with Crippen LogP contribution >= 0.6 is 0 Å². The van der Waals surface area contributed by atoms with Crippen molar-refractivity contribution in [1.29, 1.82) is 0 Å². The summed E-state index contributed by atoms with van der Waals surface area (Å²) in [4.78, 5) is 26.3. The number of benzene rings is 2. The van der Waals surface area contributed by atoms with Crippen molar-refractivity contribution >= 4 is 17.5 Å². The highest BCUT2D eigenvalue weighted by Gasteiger charge is 2.43. The van der Waals surface area contributed by atoms with Gasteiger partial charge in [-0.2, -0.15) is 0 Å². The number of aryl methyl sites for hydroxylation is 1. The molecule has 1 N–H and O–H groups in total. The molecule has 1 aliphatic heterocycles. The number of amides is 2. The van der Waals surface area contributed by atoms with Gasteiger partial charge in [-0.05, 0) is 48.9 Å². The summed E-state index contributed by atoms with van der Waals surface area (Å²) in [7, 11) is 0. The number of anilines is 1. The zero-order chi connectivity index (χ0) is 18.1. The van der Waals surface area contributed by atoms with Crippen molar-refractivity contribution in [3.63, 3.8) is 0 Å². The summed E-state index contributed by atoms with van der Waals surface area (Å²) in [5.41, 5.74) is 4.36. The van der Waals surface area contributed by atoms with Crippen LogP contribution in [0.1, 0.15) is 41.9 Å². The summed E-state index contributed by atoms with van der Waals surface area (Å²) in [5, 5.41) is 3.05. The Morgan fingerprint density at radius 1 is 1.19 bits per heavy atom. The van der Waals surface area contributed by atoms with Gasteiger partial charge in [0.1, 0.15) is 0 Å². The van der Waals surface area contributed by atoms with E-state index in [0.29, 0.717) is 18.9 Å². The molecule has 2 atom stereocenters. The molecule has 2 aromatic carbocycles. The first-order chi connectivity index (χ1) is 12.6. The molecule has 134 valence electrons. The van der Waals surface area contributed by atoms with E-state index in [9.17, 15) is 9.59 Å². The van der Waals surface area contributed by atoms with Crippen LogP contribution in [0.4, 0.5) is 5.69 Å². The Labute approximate surface area is 154 Å². The maximum atomic E-state index is 12.6. The SMILES string of the molecule is Cc1cccc([C@@H]2C[C@@H]2C(=O)Nc2cccc(CN3CCCC3=O)c2)c1. The quantitative estimate of drug-likeness (QED) is 0.892. The zero-order valence-corrected chi connectivity index (χ0v) is 15.1. The highest BCUT2D eigenvalue weighted by atomic mass is 16.2. The molecule has 1 heterocycles. The number of hydrogen-bond donors (Lipinski definition) is 1. The topological polar surface area (TPSA) is 49.4 Å². The van der Waals surface area contributed by atoms with Gasteiger partial charge in [-0.25, -0.2) is 0 Å². The molecule has 2 fully saturated rings. The average Bonchev–Trinajstić information content (AvgIpc) is 3.33. The van der Waals surface area contributed by atoms with Crippen molar-refractivity contribution in [3.05, 3.63) is 65.2 Å². The fraction of sp³-hybridized carbons (Fsp3) is 0.364. The highest BCUT2D eigenvalue weighted by Crippen LogP contribution is 2.48. The largest absolute Gasteiger partial charge is 0.338 e. The molecule has 0 spiro atoms. The van der Waals surface area contributed by atoms with Crippen LogP contribution in [0.15, 0.2) is 48.5 Å². The molecule has 1 saturated heterocycles. The van der Waals surface area contributed by atoms with E-state index in [4.69, 9.17) is 0 Å². The molecule has 2 amide bonds. The number of rotatable bonds is 5. The van der Waals surface area contributed by atoms with E-state index in [-0.39, 0.29) is 17.7 Å². The molecule has 26 heavy (non-hydrogen) atoms. The Morgan fingerprint density at radius 3 is 2.81 bits per heavy atom. The number of carbonyl (C=O) groups is 2. The Bertz CT molecular complexity index is 846. The minimum absolute atomic E-state index is 0.0561. The second-order valence-electron chi connectivity index (χ2n) is 7.47. The summed E-state index contributed by atoms with van der Waals surface area (Å²) in [6.07, 6.45) is 2.51. The third kappa shape index (κ3) is 3.64. The average molecular weight is 348 g/mol. The predicted octanol–water partition coefficient (Wildman–Crippen LogP) is 3.86. The Morgan fingerprint density at radius 2 is 2.04 bits per heavy atom. The molecule has 1 saturated carbocycles. The summed E-state index contributed by atoms with van der Waals surface area (Å²) in [5.74, 6) is 0.699. The number of nitrogens with zero attached hydrogens (tertiary/aromatic N) is 1. The summed E-state index contributed by atoms with van der Waals surface area (Å²) in [6.45, 7) is 3.53. The minimum atomic E-state index is 0.0561. The van der Waals surface area contributed by atoms with Crippen LogP contribution in [0.25, 0.3) is 0 Å². The molecular formula is C22H24N2O2.